The molecule has 1 aromatic rings. The van der Waals surface area contributed by atoms with Gasteiger partial charge in [0, 0.05) is 13.5 Å². The average Bonchev–Trinajstić information content (AvgIpc) is 2.71. The standard InChI is InChI=1S/C9H16N4/c1-7-11-12-9(13(7)2)5-8-3-4-10-6-8/h8,10H,3-6H2,1-2H3. The molecule has 0 radical (unpaired) electrons. The summed E-state index contributed by atoms with van der Waals surface area (Å²) in [5.41, 5.74) is 0. The molecule has 0 aromatic carbocycles. The van der Waals surface area contributed by atoms with E-state index in [9.17, 15) is 0 Å². The summed E-state index contributed by atoms with van der Waals surface area (Å²) in [5, 5.41) is 11.6. The van der Waals surface area contributed by atoms with Crippen molar-refractivity contribution in [2.75, 3.05) is 13.1 Å². The van der Waals surface area contributed by atoms with E-state index in [0.717, 1.165) is 37.1 Å². The van der Waals surface area contributed by atoms with Crippen molar-refractivity contribution < 1.29 is 0 Å². The van der Waals surface area contributed by atoms with Crippen LogP contribution in [0.15, 0.2) is 0 Å². The van der Waals surface area contributed by atoms with Crippen molar-refractivity contribution in [2.45, 2.75) is 19.8 Å². The summed E-state index contributed by atoms with van der Waals surface area (Å²) in [6.07, 6.45) is 2.33. The van der Waals surface area contributed by atoms with Crippen LogP contribution in [0.2, 0.25) is 0 Å². The fraction of sp³-hybridized carbons (Fsp3) is 0.778. The minimum absolute atomic E-state index is 0.752. The predicted molar refractivity (Wildman–Crippen MR) is 50.4 cm³/mol. The van der Waals surface area contributed by atoms with Crippen molar-refractivity contribution in [2.24, 2.45) is 13.0 Å². The van der Waals surface area contributed by atoms with E-state index in [-0.39, 0.29) is 0 Å². The maximum absolute atomic E-state index is 4.16. The zero-order chi connectivity index (χ0) is 9.26. The molecule has 72 valence electrons. The Kier molecular flexibility index (Phi) is 2.31. The molecule has 1 aromatic heterocycles. The number of rotatable bonds is 2. The molecule has 2 heterocycles. The lowest BCUT2D eigenvalue weighted by Crippen LogP contribution is -2.13. The fourth-order valence-electron chi connectivity index (χ4n) is 1.78. The lowest BCUT2D eigenvalue weighted by Gasteiger charge is -2.06. The zero-order valence-electron chi connectivity index (χ0n) is 8.25. The van der Waals surface area contributed by atoms with Crippen LogP contribution < -0.4 is 5.32 Å². The number of nitrogens with zero attached hydrogens (tertiary/aromatic N) is 3. The largest absolute Gasteiger partial charge is 0.318 e. The molecule has 1 saturated heterocycles. The molecular formula is C9H16N4. The van der Waals surface area contributed by atoms with Gasteiger partial charge in [0.25, 0.3) is 0 Å². The number of hydrogen-bond acceptors (Lipinski definition) is 3. The van der Waals surface area contributed by atoms with Crippen LogP contribution >= 0.6 is 0 Å². The molecule has 0 amide bonds. The van der Waals surface area contributed by atoms with Gasteiger partial charge in [0.2, 0.25) is 0 Å². The minimum Gasteiger partial charge on any atom is -0.318 e. The highest BCUT2D eigenvalue weighted by atomic mass is 15.3. The Bertz CT molecular complexity index is 286. The van der Waals surface area contributed by atoms with E-state index in [4.69, 9.17) is 0 Å². The third-order valence-corrected chi connectivity index (χ3v) is 2.82. The summed E-state index contributed by atoms with van der Waals surface area (Å²) in [7, 11) is 2.03. The molecule has 1 unspecified atom stereocenters. The minimum atomic E-state index is 0.752. The first kappa shape index (κ1) is 8.69. The number of aromatic nitrogens is 3. The molecule has 0 saturated carbocycles. The quantitative estimate of drug-likeness (QED) is 0.710. The summed E-state index contributed by atoms with van der Waals surface area (Å²) in [6.45, 7) is 4.27. The molecule has 1 aliphatic heterocycles. The van der Waals surface area contributed by atoms with Gasteiger partial charge in [-0.2, -0.15) is 0 Å². The van der Waals surface area contributed by atoms with E-state index in [0.29, 0.717) is 0 Å². The summed E-state index contributed by atoms with van der Waals surface area (Å²) < 4.78 is 2.08. The number of hydrogen-bond donors (Lipinski definition) is 1. The third-order valence-electron chi connectivity index (χ3n) is 2.82. The van der Waals surface area contributed by atoms with E-state index < -0.39 is 0 Å². The number of aryl methyl sites for hydroxylation is 1. The highest BCUT2D eigenvalue weighted by Gasteiger charge is 2.17. The van der Waals surface area contributed by atoms with Crippen molar-refractivity contribution in [1.82, 2.24) is 20.1 Å². The van der Waals surface area contributed by atoms with Crippen LogP contribution in [0.25, 0.3) is 0 Å². The Hall–Kier alpha value is -0.900. The van der Waals surface area contributed by atoms with Crippen molar-refractivity contribution in [3.63, 3.8) is 0 Å². The molecule has 1 fully saturated rings. The van der Waals surface area contributed by atoms with Gasteiger partial charge in [-0.25, -0.2) is 0 Å². The summed E-state index contributed by atoms with van der Waals surface area (Å²) in [6, 6.07) is 0. The molecule has 0 bridgehead atoms. The Morgan fingerprint density at radius 2 is 2.38 bits per heavy atom. The van der Waals surface area contributed by atoms with Gasteiger partial charge in [0.05, 0.1) is 0 Å². The first-order valence-electron chi connectivity index (χ1n) is 4.83. The van der Waals surface area contributed by atoms with Crippen molar-refractivity contribution in [3.8, 4) is 0 Å². The van der Waals surface area contributed by atoms with E-state index in [2.05, 4.69) is 20.1 Å². The molecule has 1 aliphatic rings. The second kappa shape index (κ2) is 3.46. The molecule has 2 rings (SSSR count). The lowest BCUT2D eigenvalue weighted by molar-refractivity contribution is 0.547. The maximum atomic E-state index is 4.16. The van der Waals surface area contributed by atoms with Crippen molar-refractivity contribution in [3.05, 3.63) is 11.6 Å². The predicted octanol–water partition coefficient (Wildman–Crippen LogP) is 0.276. The average molecular weight is 180 g/mol. The fourth-order valence-corrected chi connectivity index (χ4v) is 1.78. The monoisotopic (exact) mass is 180 g/mol. The van der Waals surface area contributed by atoms with Gasteiger partial charge in [0.1, 0.15) is 11.6 Å². The maximum Gasteiger partial charge on any atom is 0.133 e. The van der Waals surface area contributed by atoms with Gasteiger partial charge in [-0.1, -0.05) is 0 Å². The van der Waals surface area contributed by atoms with E-state index >= 15 is 0 Å². The van der Waals surface area contributed by atoms with Gasteiger partial charge in [-0.15, -0.1) is 10.2 Å². The summed E-state index contributed by atoms with van der Waals surface area (Å²) in [4.78, 5) is 0. The number of nitrogens with one attached hydrogen (secondary N) is 1. The van der Waals surface area contributed by atoms with E-state index in [1.54, 1.807) is 0 Å². The molecule has 4 heteroatoms. The summed E-state index contributed by atoms with van der Waals surface area (Å²) >= 11 is 0. The molecule has 13 heavy (non-hydrogen) atoms. The smallest absolute Gasteiger partial charge is 0.133 e. The third kappa shape index (κ3) is 1.72. The Balaban J connectivity index is 2.04. The van der Waals surface area contributed by atoms with Crippen LogP contribution in [0.4, 0.5) is 0 Å². The highest BCUT2D eigenvalue weighted by molar-refractivity contribution is 4.95. The molecule has 1 N–H and O–H groups in total. The van der Waals surface area contributed by atoms with Gasteiger partial charge < -0.3 is 9.88 Å². The first-order valence-corrected chi connectivity index (χ1v) is 4.83. The lowest BCUT2D eigenvalue weighted by atomic mass is 10.0. The molecule has 0 spiro atoms. The van der Waals surface area contributed by atoms with Crippen LogP contribution in [0.3, 0.4) is 0 Å². The van der Waals surface area contributed by atoms with Crippen LogP contribution in [0, 0.1) is 12.8 Å². The van der Waals surface area contributed by atoms with Crippen molar-refractivity contribution in [1.29, 1.82) is 0 Å². The van der Waals surface area contributed by atoms with E-state index in [1.807, 2.05) is 14.0 Å². The van der Waals surface area contributed by atoms with Crippen LogP contribution in [0.5, 0.6) is 0 Å². The van der Waals surface area contributed by atoms with Crippen LogP contribution in [0.1, 0.15) is 18.1 Å². The zero-order valence-corrected chi connectivity index (χ0v) is 8.25. The Labute approximate surface area is 78.4 Å². The summed E-state index contributed by atoms with van der Waals surface area (Å²) in [5.74, 6) is 2.87. The Morgan fingerprint density at radius 1 is 1.54 bits per heavy atom. The molecular weight excluding hydrogens is 164 g/mol. The Morgan fingerprint density at radius 3 is 2.92 bits per heavy atom. The van der Waals surface area contributed by atoms with Gasteiger partial charge in [-0.05, 0) is 32.4 Å². The van der Waals surface area contributed by atoms with Crippen LogP contribution in [-0.4, -0.2) is 27.9 Å². The second-order valence-electron chi connectivity index (χ2n) is 3.79. The van der Waals surface area contributed by atoms with Gasteiger partial charge in [-0.3, -0.25) is 0 Å². The molecule has 0 aliphatic carbocycles. The molecule has 4 nitrogen and oxygen atoms in total. The van der Waals surface area contributed by atoms with Gasteiger partial charge >= 0.3 is 0 Å². The first-order chi connectivity index (χ1) is 6.27. The second-order valence-corrected chi connectivity index (χ2v) is 3.79. The van der Waals surface area contributed by atoms with Crippen molar-refractivity contribution >= 4 is 0 Å². The highest BCUT2D eigenvalue weighted by Crippen LogP contribution is 2.13. The topological polar surface area (TPSA) is 42.7 Å². The SMILES string of the molecule is Cc1nnc(CC2CCNC2)n1C. The van der Waals surface area contributed by atoms with Crippen LogP contribution in [-0.2, 0) is 13.5 Å². The normalized spacial score (nSPS) is 22.5. The van der Waals surface area contributed by atoms with E-state index in [1.165, 1.54) is 6.42 Å². The molecule has 1 atom stereocenters. The van der Waals surface area contributed by atoms with Gasteiger partial charge in [0.15, 0.2) is 0 Å².